The van der Waals surface area contributed by atoms with Crippen LogP contribution in [0.1, 0.15) is 25.3 Å². The molecule has 132 valence electrons. The zero-order valence-electron chi connectivity index (χ0n) is 14.3. The predicted octanol–water partition coefficient (Wildman–Crippen LogP) is 2.92. The summed E-state index contributed by atoms with van der Waals surface area (Å²) in [5.74, 6) is 2.19. The molecule has 0 unspecified atom stereocenters. The van der Waals surface area contributed by atoms with Gasteiger partial charge in [0.05, 0.1) is 5.56 Å². The Hall–Kier alpha value is -2.99. The summed E-state index contributed by atoms with van der Waals surface area (Å²) >= 11 is 1.55. The topological polar surface area (TPSA) is 117 Å². The summed E-state index contributed by atoms with van der Waals surface area (Å²) in [5, 5.41) is 13.5. The third-order valence-corrected chi connectivity index (χ3v) is 5.51. The molecule has 3 N–H and O–H groups in total. The van der Waals surface area contributed by atoms with E-state index in [0.717, 1.165) is 29.3 Å². The number of aromatic nitrogens is 4. The lowest BCUT2D eigenvalue weighted by Gasteiger charge is -2.30. The van der Waals surface area contributed by atoms with E-state index in [1.807, 2.05) is 0 Å². The van der Waals surface area contributed by atoms with Crippen molar-refractivity contribution in [3.63, 3.8) is 0 Å². The molecule has 1 aliphatic rings. The molecule has 0 saturated carbocycles. The van der Waals surface area contributed by atoms with Crippen molar-refractivity contribution in [1.29, 1.82) is 5.26 Å². The number of anilines is 4. The molecular weight excluding hydrogens is 348 g/mol. The molecule has 0 spiro atoms. The monoisotopic (exact) mass is 366 g/mol. The van der Waals surface area contributed by atoms with Crippen LogP contribution in [0.4, 0.5) is 22.6 Å². The molecule has 1 aliphatic heterocycles. The first-order chi connectivity index (χ1) is 12.6. The fourth-order valence-electron chi connectivity index (χ4n) is 3.13. The molecule has 1 atom stereocenters. The summed E-state index contributed by atoms with van der Waals surface area (Å²) in [5.41, 5.74) is 6.86. The average Bonchev–Trinajstić information content (AvgIpc) is 3.08. The van der Waals surface area contributed by atoms with Crippen molar-refractivity contribution in [1.82, 2.24) is 19.9 Å². The van der Waals surface area contributed by atoms with E-state index in [9.17, 15) is 5.26 Å². The van der Waals surface area contributed by atoms with Crippen molar-refractivity contribution in [3.8, 4) is 6.07 Å². The molecular formula is C17H18N8S. The molecule has 0 aromatic carbocycles. The summed E-state index contributed by atoms with van der Waals surface area (Å²) in [4.78, 5) is 19.5. The van der Waals surface area contributed by atoms with Crippen molar-refractivity contribution in [3.05, 3.63) is 24.2 Å². The maximum Gasteiger partial charge on any atom is 0.186 e. The number of fused-ring (bicyclic) bond motifs is 1. The highest BCUT2D eigenvalue weighted by molar-refractivity contribution is 7.22. The molecule has 0 bridgehead atoms. The maximum absolute atomic E-state index is 9.42. The zero-order chi connectivity index (χ0) is 18.1. The number of nitrogens with zero attached hydrogens (tertiary/aromatic N) is 6. The second kappa shape index (κ2) is 6.72. The van der Waals surface area contributed by atoms with Gasteiger partial charge in [0.25, 0.3) is 0 Å². The highest BCUT2D eigenvalue weighted by Crippen LogP contribution is 2.37. The number of nitrogen functional groups attached to an aromatic ring is 1. The third kappa shape index (κ3) is 3.11. The summed E-state index contributed by atoms with van der Waals surface area (Å²) in [6.07, 6.45) is 5.34. The van der Waals surface area contributed by atoms with Crippen molar-refractivity contribution in [2.24, 2.45) is 5.92 Å². The summed E-state index contributed by atoms with van der Waals surface area (Å²) in [7, 11) is 0. The fraction of sp³-hybridized carbons (Fsp3) is 0.353. The molecule has 0 radical (unpaired) electrons. The van der Waals surface area contributed by atoms with Gasteiger partial charge in [-0.2, -0.15) is 5.26 Å². The minimum atomic E-state index is 0.375. The molecule has 0 aliphatic carbocycles. The number of hydrogen-bond donors (Lipinski definition) is 2. The normalized spacial score (nSPS) is 17.2. The number of nitrogens with one attached hydrogen (secondary N) is 1. The van der Waals surface area contributed by atoms with E-state index in [2.05, 4.69) is 38.2 Å². The Morgan fingerprint density at radius 2 is 2.27 bits per heavy atom. The summed E-state index contributed by atoms with van der Waals surface area (Å²) < 4.78 is 0.842. The molecule has 26 heavy (non-hydrogen) atoms. The number of nitriles is 1. The second-order valence-corrected chi connectivity index (χ2v) is 7.43. The predicted molar refractivity (Wildman–Crippen MR) is 102 cm³/mol. The van der Waals surface area contributed by atoms with Crippen LogP contribution in [0.5, 0.6) is 0 Å². The summed E-state index contributed by atoms with van der Waals surface area (Å²) in [6, 6.07) is 3.82. The molecule has 4 heterocycles. The number of piperidine rings is 1. The third-order valence-electron chi connectivity index (χ3n) is 4.39. The first kappa shape index (κ1) is 16.5. The standard InChI is InChI=1S/C17H18N8S/c1-10-3-2-4-25(8-10)17-24-14-11(6-18)7-20-16(15(14)26-17)23-13-5-12(19)21-9-22-13/h5,7,9-10H,2-4,8H2,1H3,(H3,19,20,21,22,23)/t10-/m0/s1. The van der Waals surface area contributed by atoms with E-state index in [1.54, 1.807) is 17.4 Å². The van der Waals surface area contributed by atoms with Crippen LogP contribution in [0.3, 0.4) is 0 Å². The highest BCUT2D eigenvalue weighted by Gasteiger charge is 2.22. The first-order valence-corrected chi connectivity index (χ1v) is 9.25. The molecule has 8 nitrogen and oxygen atoms in total. The van der Waals surface area contributed by atoms with Gasteiger partial charge in [-0.15, -0.1) is 0 Å². The van der Waals surface area contributed by atoms with Gasteiger partial charge in [-0.25, -0.2) is 19.9 Å². The van der Waals surface area contributed by atoms with Crippen LogP contribution < -0.4 is 16.0 Å². The Labute approximate surface area is 154 Å². The quantitative estimate of drug-likeness (QED) is 0.727. The van der Waals surface area contributed by atoms with Gasteiger partial charge in [0.15, 0.2) is 10.9 Å². The lowest BCUT2D eigenvalue weighted by Crippen LogP contribution is -2.34. The Balaban J connectivity index is 1.75. The van der Waals surface area contributed by atoms with Crippen LogP contribution in [0.25, 0.3) is 10.2 Å². The van der Waals surface area contributed by atoms with Gasteiger partial charge in [0.1, 0.15) is 34.2 Å². The average molecular weight is 366 g/mol. The van der Waals surface area contributed by atoms with E-state index in [1.165, 1.54) is 18.9 Å². The first-order valence-electron chi connectivity index (χ1n) is 8.43. The van der Waals surface area contributed by atoms with Crippen molar-refractivity contribution < 1.29 is 0 Å². The van der Waals surface area contributed by atoms with Crippen LogP contribution in [0, 0.1) is 17.2 Å². The smallest absolute Gasteiger partial charge is 0.186 e. The molecule has 4 rings (SSSR count). The van der Waals surface area contributed by atoms with Gasteiger partial charge in [-0.3, -0.25) is 0 Å². The lowest BCUT2D eigenvalue weighted by atomic mass is 10.0. The Morgan fingerprint density at radius 3 is 3.04 bits per heavy atom. The largest absolute Gasteiger partial charge is 0.384 e. The summed E-state index contributed by atoms with van der Waals surface area (Å²) in [6.45, 7) is 4.24. The number of nitrogens with two attached hydrogens (primary N) is 1. The van der Waals surface area contributed by atoms with Crippen molar-refractivity contribution >= 4 is 44.1 Å². The number of rotatable bonds is 3. The van der Waals surface area contributed by atoms with Gasteiger partial charge in [0.2, 0.25) is 0 Å². The van der Waals surface area contributed by atoms with Gasteiger partial charge in [-0.05, 0) is 18.8 Å². The van der Waals surface area contributed by atoms with Gasteiger partial charge >= 0.3 is 0 Å². The van der Waals surface area contributed by atoms with Gasteiger partial charge in [-0.1, -0.05) is 18.3 Å². The van der Waals surface area contributed by atoms with Crippen LogP contribution in [0.15, 0.2) is 18.6 Å². The molecule has 3 aromatic heterocycles. The zero-order valence-corrected chi connectivity index (χ0v) is 15.1. The van der Waals surface area contributed by atoms with E-state index < -0.39 is 0 Å². The molecule has 1 saturated heterocycles. The van der Waals surface area contributed by atoms with E-state index in [4.69, 9.17) is 10.7 Å². The molecule has 3 aromatic rings. The SMILES string of the molecule is C[C@H]1CCCN(c2nc3c(C#N)cnc(Nc4cc(N)ncn4)c3s2)C1. The Kier molecular flexibility index (Phi) is 4.26. The van der Waals surface area contributed by atoms with Crippen molar-refractivity contribution in [2.45, 2.75) is 19.8 Å². The minimum absolute atomic E-state index is 0.375. The Morgan fingerprint density at radius 1 is 1.38 bits per heavy atom. The highest BCUT2D eigenvalue weighted by atomic mass is 32.1. The molecule has 1 fully saturated rings. The van der Waals surface area contributed by atoms with Gasteiger partial charge < -0.3 is 16.0 Å². The van der Waals surface area contributed by atoms with Crippen LogP contribution in [-0.4, -0.2) is 33.0 Å². The number of thiazole rings is 1. The number of pyridine rings is 1. The minimum Gasteiger partial charge on any atom is -0.384 e. The van der Waals surface area contributed by atoms with Gasteiger partial charge in [0, 0.05) is 25.4 Å². The maximum atomic E-state index is 9.42. The van der Waals surface area contributed by atoms with Crippen LogP contribution in [-0.2, 0) is 0 Å². The lowest BCUT2D eigenvalue weighted by molar-refractivity contribution is 0.446. The molecule has 9 heteroatoms. The second-order valence-electron chi connectivity index (χ2n) is 6.45. The van der Waals surface area contributed by atoms with Crippen LogP contribution in [0.2, 0.25) is 0 Å². The fourth-order valence-corrected chi connectivity index (χ4v) is 4.20. The molecule has 0 amide bonds. The van der Waals surface area contributed by atoms with E-state index in [-0.39, 0.29) is 0 Å². The van der Waals surface area contributed by atoms with E-state index >= 15 is 0 Å². The van der Waals surface area contributed by atoms with E-state index in [0.29, 0.717) is 34.5 Å². The van der Waals surface area contributed by atoms with Crippen LogP contribution >= 0.6 is 11.3 Å². The number of hydrogen-bond acceptors (Lipinski definition) is 9. The van der Waals surface area contributed by atoms with Crippen molar-refractivity contribution in [2.75, 3.05) is 29.0 Å². The Bertz CT molecular complexity index is 992.